The number of amides is 3. The molecule has 3 rings (SSSR count). The zero-order chi connectivity index (χ0) is 23.4. The van der Waals surface area contributed by atoms with Crippen LogP contribution in [-0.4, -0.2) is 49.9 Å². The highest BCUT2D eigenvalue weighted by atomic mass is 35.5. The third-order valence-electron chi connectivity index (χ3n) is 4.64. The van der Waals surface area contributed by atoms with Gasteiger partial charge in [0.2, 0.25) is 5.91 Å². The Labute approximate surface area is 187 Å². The van der Waals surface area contributed by atoms with Crippen molar-refractivity contribution in [2.24, 2.45) is 0 Å². The van der Waals surface area contributed by atoms with Crippen molar-refractivity contribution in [3.05, 3.63) is 64.2 Å². The van der Waals surface area contributed by atoms with Crippen LogP contribution in [0, 0.1) is 0 Å². The number of benzene rings is 2. The smallest absolute Gasteiger partial charge is 0.337 e. The molecule has 1 saturated heterocycles. The van der Waals surface area contributed by atoms with Crippen molar-refractivity contribution in [1.29, 1.82) is 0 Å². The molecule has 1 heterocycles. The van der Waals surface area contributed by atoms with Gasteiger partial charge in [0.15, 0.2) is 0 Å². The summed E-state index contributed by atoms with van der Waals surface area (Å²) in [6.07, 6.45) is -0.266. The number of hydrogen-bond donors (Lipinski definition) is 2. The standard InChI is InChI=1S/C21H18ClN3O7/c1-31-20(29)11-7-12(21(30)32-2)9-13(8-11)25-17(26)10-16(19(25)28)23-24-18(27)14-5-3-4-6-15(14)22/h3-9,16,23H,10H2,1-2H3,(H,24,27)/t16-/m1/s1. The van der Waals surface area contributed by atoms with Crippen molar-refractivity contribution in [1.82, 2.24) is 10.9 Å². The number of anilines is 1. The predicted octanol–water partition coefficient (Wildman–Crippen LogP) is 1.48. The molecule has 1 fully saturated rings. The Morgan fingerprint density at radius 1 is 1.00 bits per heavy atom. The maximum atomic E-state index is 12.9. The Morgan fingerprint density at radius 2 is 1.59 bits per heavy atom. The number of hydrogen-bond acceptors (Lipinski definition) is 8. The van der Waals surface area contributed by atoms with Crippen molar-refractivity contribution in [3.8, 4) is 0 Å². The molecule has 0 radical (unpaired) electrons. The number of halogens is 1. The summed E-state index contributed by atoms with van der Waals surface area (Å²) in [6.45, 7) is 0. The highest BCUT2D eigenvalue weighted by molar-refractivity contribution is 6.33. The van der Waals surface area contributed by atoms with Gasteiger partial charge in [0.1, 0.15) is 6.04 Å². The number of nitrogens with zero attached hydrogens (tertiary/aromatic N) is 1. The lowest BCUT2D eigenvalue weighted by Crippen LogP contribution is -2.48. The largest absolute Gasteiger partial charge is 0.465 e. The monoisotopic (exact) mass is 459 g/mol. The van der Waals surface area contributed by atoms with Gasteiger partial charge in [0.25, 0.3) is 11.8 Å². The van der Waals surface area contributed by atoms with E-state index in [-0.39, 0.29) is 33.8 Å². The molecule has 166 valence electrons. The lowest BCUT2D eigenvalue weighted by molar-refractivity contribution is -0.121. The molecular weight excluding hydrogens is 442 g/mol. The average Bonchev–Trinajstić information content (AvgIpc) is 3.09. The minimum Gasteiger partial charge on any atom is -0.465 e. The second kappa shape index (κ2) is 9.58. The van der Waals surface area contributed by atoms with E-state index in [0.29, 0.717) is 0 Å². The van der Waals surface area contributed by atoms with Crippen LogP contribution in [0.1, 0.15) is 37.5 Å². The lowest BCUT2D eigenvalue weighted by Gasteiger charge is -2.17. The van der Waals surface area contributed by atoms with Crippen LogP contribution in [0.25, 0.3) is 0 Å². The SMILES string of the molecule is COC(=O)c1cc(C(=O)OC)cc(N2C(=O)C[C@@H](NNC(=O)c3ccccc3Cl)C2=O)c1. The molecule has 2 aromatic carbocycles. The van der Waals surface area contributed by atoms with Crippen molar-refractivity contribution in [2.75, 3.05) is 19.1 Å². The number of hydrazine groups is 1. The Bertz CT molecular complexity index is 1080. The first-order valence-electron chi connectivity index (χ1n) is 9.25. The van der Waals surface area contributed by atoms with Gasteiger partial charge < -0.3 is 9.47 Å². The molecule has 0 aliphatic carbocycles. The normalized spacial score (nSPS) is 15.5. The quantitative estimate of drug-likeness (QED) is 0.377. The molecule has 0 spiro atoms. The highest BCUT2D eigenvalue weighted by Gasteiger charge is 2.40. The Kier molecular flexibility index (Phi) is 6.86. The van der Waals surface area contributed by atoms with Gasteiger partial charge in [-0.2, -0.15) is 0 Å². The second-order valence-electron chi connectivity index (χ2n) is 6.65. The summed E-state index contributed by atoms with van der Waals surface area (Å²) in [5.74, 6) is -3.41. The summed E-state index contributed by atoms with van der Waals surface area (Å²) >= 11 is 5.98. The number of nitrogens with one attached hydrogen (secondary N) is 2. The van der Waals surface area contributed by atoms with Gasteiger partial charge in [0, 0.05) is 0 Å². The van der Waals surface area contributed by atoms with Crippen LogP contribution in [0.15, 0.2) is 42.5 Å². The van der Waals surface area contributed by atoms with E-state index in [0.717, 1.165) is 19.1 Å². The van der Waals surface area contributed by atoms with E-state index < -0.39 is 35.7 Å². The summed E-state index contributed by atoms with van der Waals surface area (Å²) in [7, 11) is 2.31. The molecule has 3 amide bonds. The Hall–Kier alpha value is -3.76. The molecule has 1 atom stereocenters. The van der Waals surface area contributed by atoms with Crippen molar-refractivity contribution in [2.45, 2.75) is 12.5 Å². The number of rotatable bonds is 6. The van der Waals surface area contributed by atoms with Gasteiger partial charge >= 0.3 is 11.9 Å². The first-order chi connectivity index (χ1) is 15.3. The van der Waals surface area contributed by atoms with E-state index in [4.69, 9.17) is 11.6 Å². The molecule has 1 aliphatic heterocycles. The number of carbonyl (C=O) groups excluding carboxylic acids is 5. The molecular formula is C21H18ClN3O7. The number of imide groups is 1. The van der Waals surface area contributed by atoms with Crippen molar-refractivity contribution >= 4 is 46.9 Å². The molecule has 0 unspecified atom stereocenters. The Morgan fingerprint density at radius 3 is 2.16 bits per heavy atom. The van der Waals surface area contributed by atoms with Crippen LogP contribution in [0.2, 0.25) is 5.02 Å². The number of ether oxygens (including phenoxy) is 2. The average molecular weight is 460 g/mol. The number of carbonyl (C=O) groups is 5. The van der Waals surface area contributed by atoms with Crippen LogP contribution in [0.5, 0.6) is 0 Å². The van der Waals surface area contributed by atoms with Gasteiger partial charge in [-0.1, -0.05) is 23.7 Å². The molecule has 1 aliphatic rings. The number of methoxy groups -OCH3 is 2. The molecule has 0 bridgehead atoms. The Balaban J connectivity index is 1.82. The zero-order valence-corrected chi connectivity index (χ0v) is 17.8. The first-order valence-corrected chi connectivity index (χ1v) is 9.63. The van der Waals surface area contributed by atoms with E-state index >= 15 is 0 Å². The zero-order valence-electron chi connectivity index (χ0n) is 17.0. The van der Waals surface area contributed by atoms with Crippen molar-refractivity contribution in [3.63, 3.8) is 0 Å². The molecule has 2 aromatic rings. The van der Waals surface area contributed by atoms with Crippen LogP contribution in [-0.2, 0) is 19.1 Å². The fourth-order valence-electron chi connectivity index (χ4n) is 3.09. The van der Waals surface area contributed by atoms with Crippen LogP contribution >= 0.6 is 11.6 Å². The van der Waals surface area contributed by atoms with Crippen LogP contribution in [0.3, 0.4) is 0 Å². The molecule has 32 heavy (non-hydrogen) atoms. The highest BCUT2D eigenvalue weighted by Crippen LogP contribution is 2.26. The molecule has 11 heteroatoms. The van der Waals surface area contributed by atoms with Gasteiger partial charge in [-0.15, -0.1) is 0 Å². The maximum Gasteiger partial charge on any atom is 0.337 e. The van der Waals surface area contributed by atoms with Gasteiger partial charge in [-0.3, -0.25) is 19.8 Å². The van der Waals surface area contributed by atoms with Gasteiger partial charge in [-0.25, -0.2) is 19.9 Å². The van der Waals surface area contributed by atoms with E-state index in [1.807, 2.05) is 0 Å². The summed E-state index contributed by atoms with van der Waals surface area (Å²) in [6, 6.07) is 8.98. The van der Waals surface area contributed by atoms with Crippen LogP contribution in [0.4, 0.5) is 5.69 Å². The van der Waals surface area contributed by atoms with Crippen molar-refractivity contribution < 1.29 is 33.4 Å². The maximum absolute atomic E-state index is 12.9. The van der Waals surface area contributed by atoms with Gasteiger partial charge in [-0.05, 0) is 30.3 Å². The minimum absolute atomic E-state index is 0.00923. The third kappa shape index (κ3) is 4.61. The molecule has 0 saturated carbocycles. The molecule has 2 N–H and O–H groups in total. The summed E-state index contributed by atoms with van der Waals surface area (Å²) in [4.78, 5) is 62.5. The summed E-state index contributed by atoms with van der Waals surface area (Å²) < 4.78 is 9.33. The second-order valence-corrected chi connectivity index (χ2v) is 7.06. The summed E-state index contributed by atoms with van der Waals surface area (Å²) in [5, 5.41) is 0.220. The van der Waals surface area contributed by atoms with E-state index in [1.165, 1.54) is 30.3 Å². The number of esters is 2. The third-order valence-corrected chi connectivity index (χ3v) is 4.97. The molecule has 10 nitrogen and oxygen atoms in total. The fourth-order valence-corrected chi connectivity index (χ4v) is 3.31. The minimum atomic E-state index is -1.07. The topological polar surface area (TPSA) is 131 Å². The summed E-state index contributed by atoms with van der Waals surface area (Å²) in [5.41, 5.74) is 4.97. The van der Waals surface area contributed by atoms with E-state index in [9.17, 15) is 24.0 Å². The lowest BCUT2D eigenvalue weighted by atomic mass is 10.1. The van der Waals surface area contributed by atoms with Crippen LogP contribution < -0.4 is 15.8 Å². The molecule has 0 aromatic heterocycles. The van der Waals surface area contributed by atoms with E-state index in [1.54, 1.807) is 12.1 Å². The predicted molar refractivity (Wildman–Crippen MR) is 112 cm³/mol. The first kappa shape index (κ1) is 22.9. The fraction of sp³-hybridized carbons (Fsp3) is 0.190. The van der Waals surface area contributed by atoms with Gasteiger partial charge in [0.05, 0.1) is 48.0 Å². The van der Waals surface area contributed by atoms with E-state index in [2.05, 4.69) is 20.3 Å².